The maximum atomic E-state index is 11.6. The van der Waals surface area contributed by atoms with E-state index in [0.717, 1.165) is 5.56 Å². The first-order valence-corrected chi connectivity index (χ1v) is 8.88. The van der Waals surface area contributed by atoms with E-state index in [1.54, 1.807) is 12.1 Å². The molecule has 0 saturated heterocycles. The van der Waals surface area contributed by atoms with Crippen molar-refractivity contribution in [2.45, 2.75) is 19.1 Å². The Morgan fingerprint density at radius 2 is 1.88 bits per heavy atom. The van der Waals surface area contributed by atoms with Gasteiger partial charge in [0, 0.05) is 11.3 Å². The Morgan fingerprint density at radius 1 is 1.12 bits per heavy atom. The molecule has 0 unspecified atom stereocenters. The van der Waals surface area contributed by atoms with Crippen LogP contribution in [0.2, 0.25) is 0 Å². The van der Waals surface area contributed by atoms with Gasteiger partial charge in [0.2, 0.25) is 5.89 Å². The van der Waals surface area contributed by atoms with Gasteiger partial charge in [-0.15, -0.1) is 10.2 Å². The van der Waals surface area contributed by atoms with Crippen molar-refractivity contribution >= 4 is 17.5 Å². The Morgan fingerprint density at radius 3 is 2.64 bits per heavy atom. The van der Waals surface area contributed by atoms with Crippen LogP contribution in [0.25, 0.3) is 11.5 Å². The number of nitrogens with zero attached hydrogens (tertiary/aromatic N) is 2. The summed E-state index contributed by atoms with van der Waals surface area (Å²) in [5, 5.41) is 8.61. The molecule has 0 saturated carbocycles. The Bertz CT molecular complexity index is 859. The van der Waals surface area contributed by atoms with Crippen molar-refractivity contribution in [3.05, 3.63) is 59.7 Å². The first-order valence-electron chi connectivity index (χ1n) is 7.89. The van der Waals surface area contributed by atoms with E-state index in [0.29, 0.717) is 34.8 Å². The van der Waals surface area contributed by atoms with Gasteiger partial charge in [0.05, 0.1) is 12.2 Å². The van der Waals surface area contributed by atoms with Gasteiger partial charge in [0.15, 0.2) is 5.78 Å². The van der Waals surface area contributed by atoms with E-state index < -0.39 is 0 Å². The summed E-state index contributed by atoms with van der Waals surface area (Å²) in [6.45, 7) is 4.00. The first kappa shape index (κ1) is 17.2. The molecule has 0 amide bonds. The van der Waals surface area contributed by atoms with Crippen LogP contribution in [0.15, 0.2) is 58.2 Å². The molecule has 0 fully saturated rings. The standard InChI is InChI=1S/C19H18N2O3S/c1-13-7-9-15(10-8-13)18-20-21-19(24-18)25-12-11-23-17-6-4-3-5-16(17)14(2)22/h3-10H,11-12H2,1-2H3. The number of carbonyl (C=O) groups is 1. The zero-order chi connectivity index (χ0) is 17.6. The summed E-state index contributed by atoms with van der Waals surface area (Å²) in [4.78, 5) is 11.6. The summed E-state index contributed by atoms with van der Waals surface area (Å²) < 4.78 is 11.3. The monoisotopic (exact) mass is 354 g/mol. The molecular weight excluding hydrogens is 336 g/mol. The maximum absolute atomic E-state index is 11.6. The lowest BCUT2D eigenvalue weighted by Crippen LogP contribution is -2.04. The Hall–Kier alpha value is -2.60. The van der Waals surface area contributed by atoms with E-state index in [1.165, 1.54) is 24.2 Å². The molecule has 0 aliphatic rings. The number of aryl methyl sites for hydroxylation is 1. The van der Waals surface area contributed by atoms with E-state index in [-0.39, 0.29) is 5.78 Å². The average molecular weight is 354 g/mol. The number of Topliss-reactive ketones (excluding diaryl/α,β-unsaturated/α-hetero) is 1. The van der Waals surface area contributed by atoms with E-state index in [2.05, 4.69) is 10.2 Å². The van der Waals surface area contributed by atoms with Gasteiger partial charge in [-0.05, 0) is 38.1 Å². The molecule has 0 radical (unpaired) electrons. The van der Waals surface area contributed by atoms with Gasteiger partial charge in [0.1, 0.15) is 5.75 Å². The van der Waals surface area contributed by atoms with Crippen molar-refractivity contribution < 1.29 is 13.9 Å². The van der Waals surface area contributed by atoms with Gasteiger partial charge < -0.3 is 9.15 Å². The molecule has 0 aliphatic heterocycles. The van der Waals surface area contributed by atoms with Gasteiger partial charge in [-0.1, -0.05) is 41.6 Å². The molecule has 1 aromatic heterocycles. The molecule has 0 N–H and O–H groups in total. The fourth-order valence-electron chi connectivity index (χ4n) is 2.24. The average Bonchev–Trinajstić information content (AvgIpc) is 3.08. The van der Waals surface area contributed by atoms with Crippen molar-refractivity contribution in [3.63, 3.8) is 0 Å². The maximum Gasteiger partial charge on any atom is 0.276 e. The second kappa shape index (κ2) is 7.98. The molecule has 3 aromatic rings. The van der Waals surface area contributed by atoms with Gasteiger partial charge in [-0.25, -0.2) is 0 Å². The molecule has 3 rings (SSSR count). The van der Waals surface area contributed by atoms with Crippen LogP contribution in [0.3, 0.4) is 0 Å². The highest BCUT2D eigenvalue weighted by atomic mass is 32.2. The number of rotatable bonds is 7. The molecule has 2 aromatic carbocycles. The van der Waals surface area contributed by atoms with E-state index >= 15 is 0 Å². The van der Waals surface area contributed by atoms with Gasteiger partial charge >= 0.3 is 0 Å². The predicted molar refractivity (Wildman–Crippen MR) is 97.1 cm³/mol. The van der Waals surface area contributed by atoms with Crippen molar-refractivity contribution in [2.24, 2.45) is 0 Å². The number of aromatic nitrogens is 2. The highest BCUT2D eigenvalue weighted by Gasteiger charge is 2.10. The number of ether oxygens (including phenoxy) is 1. The number of carbonyl (C=O) groups excluding carboxylic acids is 1. The largest absolute Gasteiger partial charge is 0.492 e. The summed E-state index contributed by atoms with van der Waals surface area (Å²) in [7, 11) is 0. The number of benzene rings is 2. The quantitative estimate of drug-likeness (QED) is 0.355. The van der Waals surface area contributed by atoms with Crippen LogP contribution in [-0.4, -0.2) is 28.3 Å². The van der Waals surface area contributed by atoms with Crippen LogP contribution < -0.4 is 4.74 Å². The fraction of sp³-hybridized carbons (Fsp3) is 0.211. The highest BCUT2D eigenvalue weighted by molar-refractivity contribution is 7.99. The Balaban J connectivity index is 1.53. The summed E-state index contributed by atoms with van der Waals surface area (Å²) >= 11 is 1.42. The second-order valence-electron chi connectivity index (χ2n) is 5.49. The number of para-hydroxylation sites is 1. The lowest BCUT2D eigenvalue weighted by atomic mass is 10.1. The number of ketones is 1. The lowest BCUT2D eigenvalue weighted by molar-refractivity contribution is 0.101. The highest BCUT2D eigenvalue weighted by Crippen LogP contribution is 2.24. The summed E-state index contributed by atoms with van der Waals surface area (Å²) in [6, 6.07) is 15.2. The van der Waals surface area contributed by atoms with Gasteiger partial charge in [0.25, 0.3) is 5.22 Å². The summed E-state index contributed by atoms with van der Waals surface area (Å²) in [5.74, 6) is 1.73. The third kappa shape index (κ3) is 4.48. The number of thioether (sulfide) groups is 1. The van der Waals surface area contributed by atoms with E-state index in [9.17, 15) is 4.79 Å². The fourth-order valence-corrected chi connectivity index (χ4v) is 2.82. The SMILES string of the molecule is CC(=O)c1ccccc1OCCSc1nnc(-c2ccc(C)cc2)o1. The zero-order valence-corrected chi connectivity index (χ0v) is 14.9. The predicted octanol–water partition coefficient (Wildman–Crippen LogP) is 4.42. The van der Waals surface area contributed by atoms with Crippen molar-refractivity contribution in [3.8, 4) is 17.2 Å². The van der Waals surface area contributed by atoms with Crippen LogP contribution in [-0.2, 0) is 0 Å². The molecular formula is C19H18N2O3S. The molecule has 0 bridgehead atoms. The van der Waals surface area contributed by atoms with Gasteiger partial charge in [-0.3, -0.25) is 4.79 Å². The number of hydrogen-bond acceptors (Lipinski definition) is 6. The third-order valence-electron chi connectivity index (χ3n) is 3.54. The van der Waals surface area contributed by atoms with Gasteiger partial charge in [-0.2, -0.15) is 0 Å². The number of hydrogen-bond donors (Lipinski definition) is 0. The molecule has 1 heterocycles. The second-order valence-corrected chi connectivity index (χ2v) is 6.53. The van der Waals surface area contributed by atoms with Crippen LogP contribution >= 0.6 is 11.8 Å². The van der Waals surface area contributed by atoms with Crippen LogP contribution in [0, 0.1) is 6.92 Å². The molecule has 128 valence electrons. The first-order chi connectivity index (χ1) is 12.1. The molecule has 25 heavy (non-hydrogen) atoms. The molecule has 0 spiro atoms. The molecule has 6 heteroatoms. The third-order valence-corrected chi connectivity index (χ3v) is 4.32. The van der Waals surface area contributed by atoms with Crippen LogP contribution in [0.4, 0.5) is 0 Å². The van der Waals surface area contributed by atoms with Crippen molar-refractivity contribution in [2.75, 3.05) is 12.4 Å². The lowest BCUT2D eigenvalue weighted by Gasteiger charge is -2.08. The summed E-state index contributed by atoms with van der Waals surface area (Å²) in [6.07, 6.45) is 0. The smallest absolute Gasteiger partial charge is 0.276 e. The minimum absolute atomic E-state index is 0.0112. The molecule has 0 aliphatic carbocycles. The minimum atomic E-state index is -0.0112. The Labute approximate surface area is 150 Å². The van der Waals surface area contributed by atoms with Crippen molar-refractivity contribution in [1.82, 2.24) is 10.2 Å². The van der Waals surface area contributed by atoms with E-state index in [4.69, 9.17) is 9.15 Å². The topological polar surface area (TPSA) is 65.2 Å². The van der Waals surface area contributed by atoms with E-state index in [1.807, 2.05) is 43.3 Å². The van der Waals surface area contributed by atoms with Crippen LogP contribution in [0.5, 0.6) is 5.75 Å². The Kier molecular flexibility index (Phi) is 5.50. The minimum Gasteiger partial charge on any atom is -0.492 e. The van der Waals surface area contributed by atoms with Crippen LogP contribution in [0.1, 0.15) is 22.8 Å². The molecule has 0 atom stereocenters. The zero-order valence-electron chi connectivity index (χ0n) is 14.1. The summed E-state index contributed by atoms with van der Waals surface area (Å²) in [5.41, 5.74) is 2.67. The normalized spacial score (nSPS) is 10.6. The molecule has 5 nitrogen and oxygen atoms in total. The van der Waals surface area contributed by atoms with Crippen molar-refractivity contribution in [1.29, 1.82) is 0 Å².